The number of hydrogen-bond acceptors (Lipinski definition) is 5. The van der Waals surface area contributed by atoms with Gasteiger partial charge in [0, 0.05) is 24.2 Å². The first-order valence-corrected chi connectivity index (χ1v) is 9.62. The average molecular weight is 382 g/mol. The van der Waals surface area contributed by atoms with Gasteiger partial charge in [-0.1, -0.05) is 35.6 Å². The van der Waals surface area contributed by atoms with E-state index >= 15 is 0 Å². The maximum atomic E-state index is 13.2. The molecular formula is C21H23N3O2S. The third-order valence-electron chi connectivity index (χ3n) is 4.39. The normalized spacial score (nSPS) is 11.1. The molecule has 3 aromatic rings. The Morgan fingerprint density at radius 2 is 1.67 bits per heavy atom. The van der Waals surface area contributed by atoms with E-state index in [-0.39, 0.29) is 11.7 Å². The zero-order valence-corrected chi connectivity index (χ0v) is 16.8. The van der Waals surface area contributed by atoms with Gasteiger partial charge in [-0.15, -0.1) is 0 Å². The van der Waals surface area contributed by atoms with Crippen molar-refractivity contribution in [3.8, 4) is 0 Å². The monoisotopic (exact) mass is 381 g/mol. The van der Waals surface area contributed by atoms with Crippen LogP contribution in [-0.2, 0) is 0 Å². The lowest BCUT2D eigenvalue weighted by atomic mass is 10.1. The van der Waals surface area contributed by atoms with Crippen molar-refractivity contribution in [2.75, 3.05) is 32.1 Å². The Labute approximate surface area is 163 Å². The first kappa shape index (κ1) is 19.2. The highest BCUT2D eigenvalue weighted by molar-refractivity contribution is 7.22. The van der Waals surface area contributed by atoms with Gasteiger partial charge >= 0.3 is 0 Å². The SMILES string of the molecule is CC(=O)c1ccc(C(=O)N(CCN(C)C)c2nc3c(C)cccc3s2)cc1. The molecule has 0 aliphatic rings. The van der Waals surface area contributed by atoms with Crippen LogP contribution in [0.25, 0.3) is 10.2 Å². The molecule has 6 heteroatoms. The fraction of sp³-hybridized carbons (Fsp3) is 0.286. The second-order valence-corrected chi connectivity index (χ2v) is 7.82. The van der Waals surface area contributed by atoms with E-state index in [9.17, 15) is 9.59 Å². The molecule has 27 heavy (non-hydrogen) atoms. The fourth-order valence-electron chi connectivity index (χ4n) is 2.78. The number of likely N-dealkylation sites (N-methyl/N-ethyl adjacent to an activating group) is 1. The van der Waals surface area contributed by atoms with Crippen LogP contribution in [0.4, 0.5) is 5.13 Å². The van der Waals surface area contributed by atoms with Crippen LogP contribution >= 0.6 is 11.3 Å². The van der Waals surface area contributed by atoms with Crippen molar-refractivity contribution in [3.05, 3.63) is 59.2 Å². The van der Waals surface area contributed by atoms with Crippen LogP contribution in [0, 0.1) is 6.92 Å². The zero-order chi connectivity index (χ0) is 19.6. The van der Waals surface area contributed by atoms with E-state index in [4.69, 9.17) is 4.98 Å². The number of rotatable bonds is 6. The Balaban J connectivity index is 1.97. The zero-order valence-electron chi connectivity index (χ0n) is 16.0. The van der Waals surface area contributed by atoms with Gasteiger partial charge in [0.1, 0.15) is 0 Å². The minimum atomic E-state index is -0.108. The third kappa shape index (κ3) is 4.23. The van der Waals surface area contributed by atoms with Crippen molar-refractivity contribution in [1.29, 1.82) is 0 Å². The molecule has 0 N–H and O–H groups in total. The van der Waals surface area contributed by atoms with E-state index in [1.807, 2.05) is 44.1 Å². The van der Waals surface area contributed by atoms with Crippen LogP contribution in [0.2, 0.25) is 0 Å². The molecule has 0 saturated heterocycles. The van der Waals surface area contributed by atoms with Gasteiger partial charge in [0.15, 0.2) is 10.9 Å². The highest BCUT2D eigenvalue weighted by Crippen LogP contribution is 2.31. The molecule has 0 spiro atoms. The number of thiazole rings is 1. The molecule has 0 unspecified atom stereocenters. The lowest BCUT2D eigenvalue weighted by molar-refractivity contribution is 0.0981. The Kier molecular flexibility index (Phi) is 5.68. The van der Waals surface area contributed by atoms with Gasteiger partial charge in [-0.05, 0) is 51.7 Å². The van der Waals surface area contributed by atoms with Gasteiger partial charge in [-0.3, -0.25) is 14.5 Å². The van der Waals surface area contributed by atoms with Crippen molar-refractivity contribution in [2.24, 2.45) is 0 Å². The number of para-hydroxylation sites is 1. The minimum absolute atomic E-state index is 0.0138. The van der Waals surface area contributed by atoms with E-state index in [0.29, 0.717) is 22.8 Å². The number of benzene rings is 2. The number of ketones is 1. The maximum Gasteiger partial charge on any atom is 0.260 e. The summed E-state index contributed by atoms with van der Waals surface area (Å²) in [6, 6.07) is 12.9. The summed E-state index contributed by atoms with van der Waals surface area (Å²) in [5.41, 5.74) is 3.18. The van der Waals surface area contributed by atoms with Gasteiger partial charge < -0.3 is 4.90 Å². The summed E-state index contributed by atoms with van der Waals surface area (Å²) < 4.78 is 1.07. The summed E-state index contributed by atoms with van der Waals surface area (Å²) >= 11 is 1.52. The number of Topliss-reactive ketones (excluding diaryl/α,β-unsaturated/α-hetero) is 1. The summed E-state index contributed by atoms with van der Waals surface area (Å²) in [5.74, 6) is -0.122. The highest BCUT2D eigenvalue weighted by Gasteiger charge is 2.22. The number of fused-ring (bicyclic) bond motifs is 1. The van der Waals surface area contributed by atoms with Crippen molar-refractivity contribution >= 4 is 38.4 Å². The molecule has 140 valence electrons. The van der Waals surface area contributed by atoms with Gasteiger partial charge in [0.05, 0.1) is 10.2 Å². The summed E-state index contributed by atoms with van der Waals surface area (Å²) in [6.45, 7) is 4.81. The quantitative estimate of drug-likeness (QED) is 0.605. The Morgan fingerprint density at radius 3 is 2.26 bits per heavy atom. The van der Waals surface area contributed by atoms with E-state index in [2.05, 4.69) is 0 Å². The van der Waals surface area contributed by atoms with Crippen LogP contribution in [0.15, 0.2) is 42.5 Å². The maximum absolute atomic E-state index is 13.2. The first-order valence-electron chi connectivity index (χ1n) is 8.80. The van der Waals surface area contributed by atoms with Crippen molar-refractivity contribution in [1.82, 2.24) is 9.88 Å². The molecule has 2 aromatic carbocycles. The molecule has 3 rings (SSSR count). The molecule has 5 nitrogen and oxygen atoms in total. The minimum Gasteiger partial charge on any atom is -0.308 e. The molecule has 1 amide bonds. The molecule has 1 aromatic heterocycles. The second-order valence-electron chi connectivity index (χ2n) is 6.81. The van der Waals surface area contributed by atoms with Gasteiger partial charge in [-0.2, -0.15) is 0 Å². The Morgan fingerprint density at radius 1 is 1.00 bits per heavy atom. The van der Waals surface area contributed by atoms with Crippen molar-refractivity contribution in [3.63, 3.8) is 0 Å². The lowest BCUT2D eigenvalue weighted by Crippen LogP contribution is -2.36. The smallest absolute Gasteiger partial charge is 0.260 e. The van der Waals surface area contributed by atoms with E-state index < -0.39 is 0 Å². The lowest BCUT2D eigenvalue weighted by Gasteiger charge is -2.22. The number of nitrogens with zero attached hydrogens (tertiary/aromatic N) is 3. The predicted molar refractivity (Wildman–Crippen MR) is 111 cm³/mol. The Hall–Kier alpha value is -2.57. The summed E-state index contributed by atoms with van der Waals surface area (Å²) in [7, 11) is 3.96. The van der Waals surface area contributed by atoms with E-state index in [1.54, 1.807) is 29.2 Å². The van der Waals surface area contributed by atoms with Crippen molar-refractivity contribution < 1.29 is 9.59 Å². The van der Waals surface area contributed by atoms with Crippen LogP contribution in [0.3, 0.4) is 0 Å². The number of hydrogen-bond donors (Lipinski definition) is 0. The highest BCUT2D eigenvalue weighted by atomic mass is 32.1. The number of anilines is 1. The predicted octanol–water partition coefficient (Wildman–Crippen LogP) is 4.02. The molecule has 0 radical (unpaired) electrons. The number of carbonyl (C=O) groups is 2. The van der Waals surface area contributed by atoms with Gasteiger partial charge in [0.2, 0.25) is 0 Å². The third-order valence-corrected chi connectivity index (χ3v) is 5.44. The molecule has 0 atom stereocenters. The molecule has 0 saturated carbocycles. The van der Waals surface area contributed by atoms with Gasteiger partial charge in [0.25, 0.3) is 5.91 Å². The van der Waals surface area contributed by atoms with Gasteiger partial charge in [-0.25, -0.2) is 4.98 Å². The topological polar surface area (TPSA) is 53.5 Å². The van der Waals surface area contributed by atoms with Crippen LogP contribution in [0.5, 0.6) is 0 Å². The second kappa shape index (κ2) is 7.98. The molecule has 0 fully saturated rings. The number of amides is 1. The van der Waals surface area contributed by atoms with E-state index in [0.717, 1.165) is 22.3 Å². The first-order chi connectivity index (χ1) is 12.9. The van der Waals surface area contributed by atoms with Crippen LogP contribution in [-0.4, -0.2) is 48.8 Å². The van der Waals surface area contributed by atoms with E-state index in [1.165, 1.54) is 18.3 Å². The number of aryl methyl sites for hydroxylation is 1. The van der Waals surface area contributed by atoms with Crippen LogP contribution in [0.1, 0.15) is 33.2 Å². The fourth-order valence-corrected chi connectivity index (χ4v) is 3.85. The molecule has 0 bridgehead atoms. The molecule has 1 heterocycles. The molecule has 0 aliphatic heterocycles. The largest absolute Gasteiger partial charge is 0.308 e. The summed E-state index contributed by atoms with van der Waals surface area (Å²) in [6.07, 6.45) is 0. The number of carbonyl (C=O) groups excluding carboxylic acids is 2. The Bertz CT molecular complexity index is 977. The average Bonchev–Trinajstić information content (AvgIpc) is 3.07. The van der Waals surface area contributed by atoms with Crippen molar-refractivity contribution in [2.45, 2.75) is 13.8 Å². The molecular weight excluding hydrogens is 358 g/mol. The summed E-state index contributed by atoms with van der Waals surface area (Å²) in [5, 5.41) is 0.696. The standard InChI is InChI=1S/C21H23N3O2S/c1-14-6-5-7-18-19(14)22-21(27-18)24(13-12-23(3)4)20(26)17-10-8-16(9-11-17)15(2)25/h5-11H,12-13H2,1-4H3. The molecule has 0 aliphatic carbocycles. The van der Waals surface area contributed by atoms with Crippen LogP contribution < -0.4 is 4.90 Å². The number of aromatic nitrogens is 1. The summed E-state index contributed by atoms with van der Waals surface area (Å²) in [4.78, 5) is 33.2.